The van der Waals surface area contributed by atoms with Crippen molar-refractivity contribution < 1.29 is 33.3 Å². The lowest BCUT2D eigenvalue weighted by Gasteiger charge is -2.22. The van der Waals surface area contributed by atoms with Crippen molar-refractivity contribution in [3.05, 3.63) is 12.2 Å². The Kier molecular flexibility index (Phi) is 3.20. The first-order chi connectivity index (χ1) is 10.2. The van der Waals surface area contributed by atoms with Crippen molar-refractivity contribution in [2.75, 3.05) is 26.4 Å². The van der Waals surface area contributed by atoms with Gasteiger partial charge in [0.05, 0.1) is 19.1 Å². The van der Waals surface area contributed by atoms with Crippen molar-refractivity contribution in [1.29, 1.82) is 0 Å². The molecule has 0 saturated carbocycles. The van der Waals surface area contributed by atoms with Crippen LogP contribution >= 0.6 is 0 Å². The van der Waals surface area contributed by atoms with E-state index in [0.717, 1.165) is 0 Å². The van der Waals surface area contributed by atoms with E-state index in [0.29, 0.717) is 13.2 Å². The molecule has 3 fully saturated rings. The number of carbonyl (C=O) groups is 2. The van der Waals surface area contributed by atoms with E-state index in [-0.39, 0.29) is 37.6 Å². The lowest BCUT2D eigenvalue weighted by Crippen LogP contribution is -2.38. The van der Waals surface area contributed by atoms with Crippen LogP contribution in [-0.2, 0) is 33.3 Å². The summed E-state index contributed by atoms with van der Waals surface area (Å²) < 4.78 is 25.8. The zero-order chi connectivity index (χ0) is 14.4. The van der Waals surface area contributed by atoms with Crippen molar-refractivity contribution in [2.45, 2.75) is 24.4 Å². The van der Waals surface area contributed by atoms with Crippen LogP contribution in [0, 0.1) is 11.8 Å². The molecule has 6 unspecified atom stereocenters. The van der Waals surface area contributed by atoms with Crippen LogP contribution in [0.25, 0.3) is 0 Å². The van der Waals surface area contributed by atoms with E-state index < -0.39 is 23.8 Å². The number of epoxide rings is 3. The Morgan fingerprint density at radius 3 is 2.24 bits per heavy atom. The molecule has 21 heavy (non-hydrogen) atoms. The average Bonchev–Trinajstić information content (AvgIpc) is 3.37. The topological polar surface area (TPSA) is 90.2 Å². The highest BCUT2D eigenvalue weighted by Gasteiger charge is 2.55. The van der Waals surface area contributed by atoms with Gasteiger partial charge in [0.2, 0.25) is 0 Å². The molecule has 0 aromatic heterocycles. The van der Waals surface area contributed by atoms with Crippen LogP contribution in [0.1, 0.15) is 0 Å². The van der Waals surface area contributed by atoms with Gasteiger partial charge in [0.1, 0.15) is 43.5 Å². The Balaban J connectivity index is 1.39. The number of fused-ring (bicyclic) bond motifs is 1. The summed E-state index contributed by atoms with van der Waals surface area (Å²) in [5.74, 6) is -2.14. The number of esters is 2. The lowest BCUT2D eigenvalue weighted by molar-refractivity contribution is -0.160. The van der Waals surface area contributed by atoms with Gasteiger partial charge in [-0.1, -0.05) is 12.2 Å². The van der Waals surface area contributed by atoms with Gasteiger partial charge in [-0.2, -0.15) is 0 Å². The van der Waals surface area contributed by atoms with Crippen LogP contribution in [0.2, 0.25) is 0 Å². The average molecular weight is 296 g/mol. The number of hydrogen-bond acceptors (Lipinski definition) is 7. The molecule has 0 spiro atoms. The highest BCUT2D eigenvalue weighted by Crippen LogP contribution is 2.41. The quantitative estimate of drug-likeness (QED) is 0.368. The van der Waals surface area contributed by atoms with E-state index in [9.17, 15) is 9.59 Å². The summed E-state index contributed by atoms with van der Waals surface area (Å²) in [4.78, 5) is 24.4. The van der Waals surface area contributed by atoms with Gasteiger partial charge in [0.25, 0.3) is 0 Å². The minimum absolute atomic E-state index is 0.00131. The van der Waals surface area contributed by atoms with Crippen LogP contribution in [0.3, 0.4) is 0 Å². The van der Waals surface area contributed by atoms with Gasteiger partial charge >= 0.3 is 11.9 Å². The summed E-state index contributed by atoms with van der Waals surface area (Å²) in [5.41, 5.74) is 0. The second-order valence-electron chi connectivity index (χ2n) is 5.67. The Labute approximate surface area is 121 Å². The Bertz CT molecular complexity index is 480. The maximum atomic E-state index is 12.2. The van der Waals surface area contributed by atoms with Gasteiger partial charge < -0.3 is 23.7 Å². The predicted molar refractivity (Wildman–Crippen MR) is 66.2 cm³/mol. The van der Waals surface area contributed by atoms with Gasteiger partial charge in [-0.3, -0.25) is 9.59 Å². The maximum Gasteiger partial charge on any atom is 0.313 e. The first-order valence-electron chi connectivity index (χ1n) is 7.12. The van der Waals surface area contributed by atoms with Crippen LogP contribution in [-0.4, -0.2) is 62.8 Å². The van der Waals surface area contributed by atoms with Gasteiger partial charge in [-0.25, -0.2) is 0 Å². The summed E-state index contributed by atoms with van der Waals surface area (Å²) in [7, 11) is 0. The highest BCUT2D eigenvalue weighted by atomic mass is 16.6. The molecule has 0 radical (unpaired) electrons. The van der Waals surface area contributed by atoms with Crippen LogP contribution in [0.15, 0.2) is 12.2 Å². The summed E-state index contributed by atoms with van der Waals surface area (Å²) in [5, 5.41) is 0. The molecular weight excluding hydrogens is 280 g/mol. The van der Waals surface area contributed by atoms with Crippen molar-refractivity contribution in [2.24, 2.45) is 11.8 Å². The smallest absolute Gasteiger partial charge is 0.313 e. The first-order valence-corrected chi connectivity index (χ1v) is 7.12. The molecule has 1 aliphatic carbocycles. The van der Waals surface area contributed by atoms with Crippen LogP contribution < -0.4 is 0 Å². The molecule has 7 nitrogen and oxygen atoms in total. The molecular formula is C14H16O7. The molecule has 6 atom stereocenters. The molecule has 7 heteroatoms. The minimum atomic E-state index is -0.653. The number of hydrogen-bond donors (Lipinski definition) is 0. The number of carbonyl (C=O) groups excluding carboxylic acids is 2. The highest BCUT2D eigenvalue weighted by molar-refractivity contribution is 5.85. The normalized spacial score (nSPS) is 41.9. The molecule has 3 saturated heterocycles. The van der Waals surface area contributed by atoms with E-state index >= 15 is 0 Å². The zero-order valence-electron chi connectivity index (χ0n) is 11.3. The van der Waals surface area contributed by atoms with E-state index in [2.05, 4.69) is 0 Å². The predicted octanol–water partition coefficient (Wildman–Crippen LogP) is -0.560. The van der Waals surface area contributed by atoms with E-state index in [1.54, 1.807) is 12.2 Å². The largest absolute Gasteiger partial charge is 0.463 e. The monoisotopic (exact) mass is 296 g/mol. The fourth-order valence-corrected chi connectivity index (χ4v) is 2.51. The molecule has 3 aliphatic heterocycles. The van der Waals surface area contributed by atoms with Gasteiger partial charge in [-0.05, 0) is 0 Å². The standard InChI is InChI=1S/C14H16O7/c15-13(19-5-7-3-17-7)9-1-2-10-12(21-10)11(9)14(16)20-6-8-4-18-8/h1-2,7-12H,3-6H2. The summed E-state index contributed by atoms with van der Waals surface area (Å²) in [6.45, 7) is 1.70. The zero-order valence-corrected chi connectivity index (χ0v) is 11.3. The van der Waals surface area contributed by atoms with E-state index in [1.807, 2.05) is 0 Å². The van der Waals surface area contributed by atoms with E-state index in [4.69, 9.17) is 23.7 Å². The third-order valence-electron chi connectivity index (χ3n) is 3.98. The molecule has 3 heterocycles. The molecule has 4 rings (SSSR count). The SMILES string of the molecule is O=C(OCC1CO1)C1C=CC2OC2C1C(=O)OCC1CO1. The van der Waals surface area contributed by atoms with Crippen LogP contribution in [0.4, 0.5) is 0 Å². The fourth-order valence-electron chi connectivity index (χ4n) is 2.51. The number of ether oxygens (including phenoxy) is 5. The van der Waals surface area contributed by atoms with Gasteiger partial charge in [0.15, 0.2) is 0 Å². The third-order valence-corrected chi connectivity index (χ3v) is 3.98. The molecule has 4 aliphatic rings. The summed E-state index contributed by atoms with van der Waals surface area (Å²) >= 11 is 0. The Hall–Kier alpha value is -1.44. The number of rotatable bonds is 6. The second kappa shape index (κ2) is 5.08. The maximum absolute atomic E-state index is 12.2. The third kappa shape index (κ3) is 2.95. The van der Waals surface area contributed by atoms with Crippen molar-refractivity contribution in [3.8, 4) is 0 Å². The molecule has 0 N–H and O–H groups in total. The summed E-state index contributed by atoms with van der Waals surface area (Å²) in [6, 6.07) is 0. The van der Waals surface area contributed by atoms with Gasteiger partial charge in [-0.15, -0.1) is 0 Å². The molecule has 0 aromatic rings. The Morgan fingerprint density at radius 1 is 1.00 bits per heavy atom. The fraction of sp³-hybridized carbons (Fsp3) is 0.714. The van der Waals surface area contributed by atoms with Crippen molar-refractivity contribution in [1.82, 2.24) is 0 Å². The lowest BCUT2D eigenvalue weighted by atomic mass is 9.84. The molecule has 0 amide bonds. The van der Waals surface area contributed by atoms with Crippen molar-refractivity contribution >= 4 is 11.9 Å². The molecule has 114 valence electrons. The minimum Gasteiger partial charge on any atom is -0.463 e. The van der Waals surface area contributed by atoms with E-state index in [1.165, 1.54) is 0 Å². The molecule has 0 aromatic carbocycles. The van der Waals surface area contributed by atoms with Crippen molar-refractivity contribution in [3.63, 3.8) is 0 Å². The second-order valence-corrected chi connectivity index (χ2v) is 5.67. The van der Waals surface area contributed by atoms with Gasteiger partial charge in [0, 0.05) is 0 Å². The summed E-state index contributed by atoms with van der Waals surface area (Å²) in [6.07, 6.45) is 3.13. The molecule has 0 bridgehead atoms. The Morgan fingerprint density at radius 2 is 1.62 bits per heavy atom. The van der Waals surface area contributed by atoms with Crippen LogP contribution in [0.5, 0.6) is 0 Å². The first kappa shape index (κ1) is 13.2.